The van der Waals surface area contributed by atoms with Crippen molar-refractivity contribution in [1.82, 2.24) is 0 Å². The van der Waals surface area contributed by atoms with E-state index in [-0.39, 0.29) is 10.7 Å². The normalized spacial score (nSPS) is 10.2. The summed E-state index contributed by atoms with van der Waals surface area (Å²) in [6.45, 7) is 0. The lowest BCUT2D eigenvalue weighted by Crippen LogP contribution is -1.92. The van der Waals surface area contributed by atoms with Crippen LogP contribution in [0, 0.1) is 10.1 Å². The van der Waals surface area contributed by atoms with Crippen molar-refractivity contribution in [3.63, 3.8) is 0 Å². The molecule has 0 aliphatic heterocycles. The molecule has 0 saturated carbocycles. The summed E-state index contributed by atoms with van der Waals surface area (Å²) in [6.07, 6.45) is 0. The fourth-order valence-electron chi connectivity index (χ4n) is 1.54. The van der Waals surface area contributed by atoms with E-state index in [0.717, 1.165) is 5.56 Å². The van der Waals surface area contributed by atoms with Crippen molar-refractivity contribution in [2.45, 2.75) is 5.33 Å². The number of rotatable bonds is 4. The second-order valence-corrected chi connectivity index (χ2v) is 4.68. The third-order valence-electron chi connectivity index (χ3n) is 2.46. The molecule has 0 fully saturated rings. The molecule has 4 nitrogen and oxygen atoms in total. The quantitative estimate of drug-likeness (QED) is 0.449. The predicted molar refractivity (Wildman–Crippen MR) is 77.3 cm³/mol. The first-order valence-corrected chi connectivity index (χ1v) is 6.87. The smallest absolute Gasteiger partial charge is 0.288 e. The molecule has 19 heavy (non-hydrogen) atoms. The number of nitrogens with zero attached hydrogens (tertiary/aromatic N) is 1. The van der Waals surface area contributed by atoms with Crippen LogP contribution in [0.5, 0.6) is 11.5 Å². The third-order valence-corrected chi connectivity index (χ3v) is 3.37. The van der Waals surface area contributed by atoms with Gasteiger partial charge in [0.1, 0.15) is 16.5 Å². The standard InChI is InChI=1S/C13H9BrClNO3/c14-8-9-3-1-2-4-13(9)19-10-5-6-12(16(17)18)11(15)7-10/h1-7H,8H2. The lowest BCUT2D eigenvalue weighted by Gasteiger charge is -2.09. The van der Waals surface area contributed by atoms with Crippen molar-refractivity contribution < 1.29 is 9.66 Å². The average molecular weight is 343 g/mol. The molecule has 98 valence electrons. The molecule has 2 aromatic rings. The van der Waals surface area contributed by atoms with E-state index < -0.39 is 4.92 Å². The summed E-state index contributed by atoms with van der Waals surface area (Å²) in [5, 5.41) is 11.4. The first-order valence-electron chi connectivity index (χ1n) is 5.37. The first kappa shape index (κ1) is 13.8. The van der Waals surface area contributed by atoms with Crippen LogP contribution >= 0.6 is 27.5 Å². The van der Waals surface area contributed by atoms with Crippen LogP contribution in [-0.2, 0) is 5.33 Å². The van der Waals surface area contributed by atoms with Gasteiger partial charge in [-0.25, -0.2) is 0 Å². The maximum absolute atomic E-state index is 10.7. The van der Waals surface area contributed by atoms with Gasteiger partial charge in [-0.15, -0.1) is 0 Å². The summed E-state index contributed by atoms with van der Waals surface area (Å²) >= 11 is 9.20. The Labute approximate surface area is 123 Å². The molecule has 0 radical (unpaired) electrons. The predicted octanol–water partition coefficient (Wildman–Crippen LogP) is 4.94. The van der Waals surface area contributed by atoms with E-state index in [1.54, 1.807) is 0 Å². The van der Waals surface area contributed by atoms with Gasteiger partial charge in [-0.3, -0.25) is 10.1 Å². The first-order chi connectivity index (χ1) is 9.11. The van der Waals surface area contributed by atoms with Crippen LogP contribution in [0.15, 0.2) is 42.5 Å². The maximum atomic E-state index is 10.7. The highest BCUT2D eigenvalue weighted by Gasteiger charge is 2.13. The number of hydrogen-bond donors (Lipinski definition) is 0. The highest BCUT2D eigenvalue weighted by molar-refractivity contribution is 9.08. The van der Waals surface area contributed by atoms with Gasteiger partial charge in [-0.2, -0.15) is 0 Å². The topological polar surface area (TPSA) is 52.4 Å². The number of nitro groups is 1. The van der Waals surface area contributed by atoms with Crippen molar-refractivity contribution in [3.05, 3.63) is 63.2 Å². The molecule has 2 aromatic carbocycles. The molecule has 0 N–H and O–H groups in total. The molecule has 0 heterocycles. The summed E-state index contributed by atoms with van der Waals surface area (Å²) in [6, 6.07) is 11.8. The molecule has 0 atom stereocenters. The van der Waals surface area contributed by atoms with E-state index in [4.69, 9.17) is 16.3 Å². The van der Waals surface area contributed by atoms with Gasteiger partial charge in [-0.1, -0.05) is 45.7 Å². The van der Waals surface area contributed by atoms with Crippen molar-refractivity contribution in [2.75, 3.05) is 0 Å². The lowest BCUT2D eigenvalue weighted by atomic mass is 10.2. The highest BCUT2D eigenvalue weighted by atomic mass is 79.9. The molecule has 0 amide bonds. The number of ether oxygens (including phenoxy) is 1. The summed E-state index contributed by atoms with van der Waals surface area (Å²) in [5.41, 5.74) is 0.847. The molecule has 0 saturated heterocycles. The Morgan fingerprint density at radius 1 is 1.26 bits per heavy atom. The fraction of sp³-hybridized carbons (Fsp3) is 0.0769. The number of hydrogen-bond acceptors (Lipinski definition) is 3. The maximum Gasteiger partial charge on any atom is 0.288 e. The second-order valence-electron chi connectivity index (χ2n) is 3.71. The number of nitro benzene ring substituents is 1. The zero-order valence-electron chi connectivity index (χ0n) is 9.68. The van der Waals surface area contributed by atoms with E-state index in [9.17, 15) is 10.1 Å². The van der Waals surface area contributed by atoms with E-state index in [1.807, 2.05) is 24.3 Å². The number of benzene rings is 2. The third kappa shape index (κ3) is 3.24. The molecule has 0 spiro atoms. The van der Waals surface area contributed by atoms with Gasteiger partial charge < -0.3 is 4.74 Å². The second kappa shape index (κ2) is 6.04. The summed E-state index contributed by atoms with van der Waals surface area (Å²) < 4.78 is 5.68. The average Bonchev–Trinajstić information content (AvgIpc) is 2.39. The van der Waals surface area contributed by atoms with Crippen molar-refractivity contribution in [2.24, 2.45) is 0 Å². The van der Waals surface area contributed by atoms with Crippen molar-refractivity contribution >= 4 is 33.2 Å². The van der Waals surface area contributed by atoms with Crippen LogP contribution in [0.3, 0.4) is 0 Å². The van der Waals surface area contributed by atoms with E-state index >= 15 is 0 Å². The van der Waals surface area contributed by atoms with Crippen LogP contribution in [-0.4, -0.2) is 4.92 Å². The Morgan fingerprint density at radius 2 is 2.00 bits per heavy atom. The van der Waals surface area contributed by atoms with Gasteiger partial charge in [0.25, 0.3) is 5.69 Å². The Morgan fingerprint density at radius 3 is 2.63 bits per heavy atom. The van der Waals surface area contributed by atoms with Crippen molar-refractivity contribution in [1.29, 1.82) is 0 Å². The van der Waals surface area contributed by atoms with E-state index in [2.05, 4.69) is 15.9 Å². The largest absolute Gasteiger partial charge is 0.457 e. The van der Waals surface area contributed by atoms with Crippen LogP contribution in [0.4, 0.5) is 5.69 Å². The molecular weight excluding hydrogens is 334 g/mol. The Hall–Kier alpha value is -1.59. The number of alkyl halides is 1. The van der Waals surface area contributed by atoms with E-state index in [1.165, 1.54) is 18.2 Å². The highest BCUT2D eigenvalue weighted by Crippen LogP contribution is 2.32. The molecule has 6 heteroatoms. The van der Waals surface area contributed by atoms with E-state index in [0.29, 0.717) is 16.8 Å². The van der Waals surface area contributed by atoms with Gasteiger partial charge in [0.2, 0.25) is 0 Å². The summed E-state index contributed by atoms with van der Waals surface area (Å²) in [5.74, 6) is 1.15. The zero-order chi connectivity index (χ0) is 13.8. The SMILES string of the molecule is O=[N+]([O-])c1ccc(Oc2ccccc2CBr)cc1Cl. The Kier molecular flexibility index (Phi) is 4.39. The Balaban J connectivity index is 2.29. The minimum absolute atomic E-state index is 0.0545. The zero-order valence-corrected chi connectivity index (χ0v) is 12.0. The molecule has 0 unspecified atom stereocenters. The summed E-state index contributed by atoms with van der Waals surface area (Å²) in [4.78, 5) is 10.1. The lowest BCUT2D eigenvalue weighted by molar-refractivity contribution is -0.384. The fourth-order valence-corrected chi connectivity index (χ4v) is 2.24. The van der Waals surface area contributed by atoms with Crippen LogP contribution in [0.25, 0.3) is 0 Å². The number of halogens is 2. The molecule has 0 bridgehead atoms. The van der Waals surface area contributed by atoms with Gasteiger partial charge in [0.05, 0.1) is 4.92 Å². The van der Waals surface area contributed by atoms with Gasteiger partial charge in [-0.05, 0) is 12.1 Å². The van der Waals surface area contributed by atoms with Crippen LogP contribution in [0.1, 0.15) is 5.56 Å². The van der Waals surface area contributed by atoms with Gasteiger partial charge in [0, 0.05) is 23.0 Å². The van der Waals surface area contributed by atoms with Gasteiger partial charge >= 0.3 is 0 Å². The minimum atomic E-state index is -0.529. The van der Waals surface area contributed by atoms with Crippen LogP contribution < -0.4 is 4.74 Å². The van der Waals surface area contributed by atoms with Gasteiger partial charge in [0.15, 0.2) is 0 Å². The molecule has 0 aliphatic carbocycles. The Bertz CT molecular complexity index is 619. The van der Waals surface area contributed by atoms with Crippen molar-refractivity contribution in [3.8, 4) is 11.5 Å². The van der Waals surface area contributed by atoms with Crippen LogP contribution in [0.2, 0.25) is 5.02 Å². The number of para-hydroxylation sites is 1. The molecule has 0 aromatic heterocycles. The monoisotopic (exact) mass is 341 g/mol. The molecular formula is C13H9BrClNO3. The molecule has 2 rings (SSSR count). The summed E-state index contributed by atoms with van der Waals surface area (Å²) in [7, 11) is 0. The minimum Gasteiger partial charge on any atom is -0.457 e. The molecule has 0 aliphatic rings.